The van der Waals surface area contributed by atoms with Gasteiger partial charge in [0.15, 0.2) is 0 Å². The van der Waals surface area contributed by atoms with Crippen LogP contribution in [0.5, 0.6) is 0 Å². The molecular weight excluding hydrogens is 324 g/mol. The van der Waals surface area contributed by atoms with Crippen molar-refractivity contribution in [3.05, 3.63) is 20.8 Å². The van der Waals surface area contributed by atoms with Gasteiger partial charge in [0.05, 0.1) is 12.0 Å². The number of hydrogen-bond acceptors (Lipinski definition) is 3. The molecule has 1 amide bonds. The molecule has 0 unspecified atom stereocenters. The number of amides is 1. The van der Waals surface area contributed by atoms with Crippen LogP contribution in [0.3, 0.4) is 0 Å². The van der Waals surface area contributed by atoms with Crippen LogP contribution in [0.25, 0.3) is 0 Å². The number of thiophene rings is 1. The van der Waals surface area contributed by atoms with Crippen molar-refractivity contribution in [3.63, 3.8) is 0 Å². The Labute approximate surface area is 126 Å². The molecule has 0 aromatic carbocycles. The Hall–Kier alpha value is -0.390. The molecule has 2 atom stereocenters. The molecule has 0 bridgehead atoms. The smallest absolute Gasteiger partial charge is 0.228 e. The number of carbonyl (C=O) groups excluding carboxylic acids is 1. The first kappa shape index (κ1) is 13.6. The molecule has 0 spiro atoms. The van der Waals surface area contributed by atoms with Gasteiger partial charge in [-0.3, -0.25) is 4.79 Å². The summed E-state index contributed by atoms with van der Waals surface area (Å²) in [5, 5.41) is 8.63. The highest BCUT2D eigenvalue weighted by atomic mass is 79.9. The Morgan fingerprint density at radius 3 is 3.26 bits per heavy atom. The van der Waals surface area contributed by atoms with Gasteiger partial charge in [0.2, 0.25) is 5.91 Å². The van der Waals surface area contributed by atoms with E-state index in [9.17, 15) is 4.79 Å². The van der Waals surface area contributed by atoms with E-state index in [2.05, 4.69) is 38.0 Å². The number of rotatable bonds is 3. The Kier molecular flexibility index (Phi) is 3.96. The van der Waals surface area contributed by atoms with E-state index in [1.54, 1.807) is 11.3 Å². The van der Waals surface area contributed by atoms with Crippen molar-refractivity contribution >= 4 is 33.2 Å². The Balaban J connectivity index is 1.65. The zero-order chi connectivity index (χ0) is 13.3. The van der Waals surface area contributed by atoms with Crippen LogP contribution in [-0.2, 0) is 11.3 Å². The van der Waals surface area contributed by atoms with Crippen LogP contribution in [0.1, 0.15) is 30.6 Å². The van der Waals surface area contributed by atoms with E-state index in [0.717, 1.165) is 24.0 Å². The first-order chi connectivity index (χ1) is 9.21. The van der Waals surface area contributed by atoms with E-state index in [0.29, 0.717) is 12.5 Å². The van der Waals surface area contributed by atoms with Gasteiger partial charge >= 0.3 is 0 Å². The lowest BCUT2D eigenvalue weighted by molar-refractivity contribution is -0.134. The maximum absolute atomic E-state index is 12.6. The van der Waals surface area contributed by atoms with Crippen molar-refractivity contribution in [3.8, 4) is 0 Å². The fraction of sp³-hybridized carbons (Fsp3) is 0.643. The van der Waals surface area contributed by atoms with Crippen LogP contribution < -0.4 is 10.6 Å². The van der Waals surface area contributed by atoms with Gasteiger partial charge in [-0.15, -0.1) is 11.3 Å². The zero-order valence-corrected chi connectivity index (χ0v) is 13.3. The Bertz CT molecular complexity index is 476. The van der Waals surface area contributed by atoms with Gasteiger partial charge in [-0.05, 0) is 47.3 Å². The zero-order valence-electron chi connectivity index (χ0n) is 10.9. The second kappa shape index (κ2) is 5.54. The summed E-state index contributed by atoms with van der Waals surface area (Å²) in [6.07, 6.45) is 4.71. The average Bonchev–Trinajstić information content (AvgIpc) is 3.02. The van der Waals surface area contributed by atoms with Crippen molar-refractivity contribution in [2.45, 2.75) is 32.2 Å². The monoisotopic (exact) mass is 342 g/mol. The predicted molar refractivity (Wildman–Crippen MR) is 81.1 cm³/mol. The molecule has 1 saturated carbocycles. The van der Waals surface area contributed by atoms with E-state index in [-0.39, 0.29) is 11.3 Å². The van der Waals surface area contributed by atoms with Crippen molar-refractivity contribution in [1.82, 2.24) is 10.6 Å². The maximum atomic E-state index is 12.6. The molecule has 19 heavy (non-hydrogen) atoms. The maximum Gasteiger partial charge on any atom is 0.228 e. The highest BCUT2D eigenvalue weighted by molar-refractivity contribution is 9.10. The summed E-state index contributed by atoms with van der Waals surface area (Å²) >= 11 is 5.13. The molecule has 1 aromatic rings. The highest BCUT2D eigenvalue weighted by Gasteiger charge is 2.49. The summed E-state index contributed by atoms with van der Waals surface area (Å²) in [5.74, 6) is 0.794. The summed E-state index contributed by atoms with van der Waals surface area (Å²) in [4.78, 5) is 13.8. The Morgan fingerprint density at radius 2 is 2.47 bits per heavy atom. The van der Waals surface area contributed by atoms with Crippen LogP contribution in [0, 0.1) is 11.3 Å². The minimum Gasteiger partial charge on any atom is -0.351 e. The van der Waals surface area contributed by atoms with Crippen molar-refractivity contribution < 1.29 is 4.79 Å². The average molecular weight is 343 g/mol. The first-order valence-corrected chi connectivity index (χ1v) is 8.60. The van der Waals surface area contributed by atoms with E-state index in [4.69, 9.17) is 0 Å². The third-order valence-electron chi connectivity index (χ3n) is 4.54. The molecule has 1 saturated heterocycles. The Morgan fingerprint density at radius 1 is 1.58 bits per heavy atom. The van der Waals surface area contributed by atoms with E-state index in [1.165, 1.54) is 24.1 Å². The molecule has 2 aliphatic rings. The number of carbonyl (C=O) groups is 1. The third kappa shape index (κ3) is 2.60. The topological polar surface area (TPSA) is 41.1 Å². The molecule has 1 aromatic heterocycles. The van der Waals surface area contributed by atoms with Crippen LogP contribution in [-0.4, -0.2) is 19.0 Å². The van der Waals surface area contributed by atoms with Gasteiger partial charge < -0.3 is 10.6 Å². The number of halogens is 1. The number of nitrogens with one attached hydrogen (secondary N) is 2. The lowest BCUT2D eigenvalue weighted by Crippen LogP contribution is -2.47. The third-order valence-corrected chi connectivity index (χ3v) is 6.23. The standard InChI is InChI=1S/C14H19BrN2OS/c15-11-5-12(19-8-11)7-17-13(18)14-4-2-1-3-10(14)6-16-9-14/h5,8,10,16H,1-4,6-7,9H2,(H,17,18)/t10-,14+/m0/s1. The van der Waals surface area contributed by atoms with E-state index < -0.39 is 0 Å². The largest absolute Gasteiger partial charge is 0.351 e. The minimum atomic E-state index is -0.132. The number of hydrogen-bond donors (Lipinski definition) is 2. The first-order valence-electron chi connectivity index (χ1n) is 6.93. The van der Waals surface area contributed by atoms with E-state index in [1.807, 2.05) is 0 Å². The second-order valence-electron chi connectivity index (χ2n) is 5.64. The number of fused-ring (bicyclic) bond motifs is 1. The van der Waals surface area contributed by atoms with Gasteiger partial charge in [0, 0.05) is 21.3 Å². The van der Waals surface area contributed by atoms with Gasteiger partial charge in [-0.25, -0.2) is 0 Å². The summed E-state index contributed by atoms with van der Waals surface area (Å²) in [6, 6.07) is 2.08. The molecule has 1 aliphatic carbocycles. The summed E-state index contributed by atoms with van der Waals surface area (Å²) in [7, 11) is 0. The van der Waals surface area contributed by atoms with Crippen LogP contribution in [0.4, 0.5) is 0 Å². The molecular formula is C14H19BrN2OS. The van der Waals surface area contributed by atoms with Gasteiger partial charge in [-0.2, -0.15) is 0 Å². The molecule has 104 valence electrons. The molecule has 2 fully saturated rings. The summed E-state index contributed by atoms with van der Waals surface area (Å²) in [5.41, 5.74) is -0.132. The van der Waals surface area contributed by atoms with Crippen LogP contribution >= 0.6 is 27.3 Å². The fourth-order valence-corrected chi connectivity index (χ4v) is 4.87. The lowest BCUT2D eigenvalue weighted by atomic mass is 9.67. The van der Waals surface area contributed by atoms with Crippen molar-refractivity contribution in [2.75, 3.05) is 13.1 Å². The predicted octanol–water partition coefficient (Wildman–Crippen LogP) is 2.91. The van der Waals surface area contributed by atoms with Gasteiger partial charge in [-0.1, -0.05) is 12.8 Å². The lowest BCUT2D eigenvalue weighted by Gasteiger charge is -2.37. The highest BCUT2D eigenvalue weighted by Crippen LogP contribution is 2.43. The quantitative estimate of drug-likeness (QED) is 0.886. The molecule has 3 nitrogen and oxygen atoms in total. The fourth-order valence-electron chi connectivity index (χ4n) is 3.48. The summed E-state index contributed by atoms with van der Waals surface area (Å²) in [6.45, 7) is 2.53. The van der Waals surface area contributed by atoms with Crippen molar-refractivity contribution in [2.24, 2.45) is 11.3 Å². The normalized spacial score (nSPS) is 30.1. The second-order valence-corrected chi connectivity index (χ2v) is 7.56. The van der Waals surface area contributed by atoms with Crippen molar-refractivity contribution in [1.29, 1.82) is 0 Å². The summed E-state index contributed by atoms with van der Waals surface area (Å²) < 4.78 is 1.10. The molecule has 2 N–H and O–H groups in total. The molecule has 1 aliphatic heterocycles. The SMILES string of the molecule is O=C(NCc1cc(Br)cs1)[C@@]12CCCC[C@H]1CNC2. The molecule has 2 heterocycles. The molecule has 5 heteroatoms. The molecule has 0 radical (unpaired) electrons. The van der Waals surface area contributed by atoms with Crippen LogP contribution in [0.15, 0.2) is 15.9 Å². The van der Waals surface area contributed by atoms with Gasteiger partial charge in [0.25, 0.3) is 0 Å². The van der Waals surface area contributed by atoms with E-state index >= 15 is 0 Å². The van der Waals surface area contributed by atoms with Crippen LogP contribution in [0.2, 0.25) is 0 Å². The van der Waals surface area contributed by atoms with Gasteiger partial charge in [0.1, 0.15) is 0 Å². The minimum absolute atomic E-state index is 0.132. The molecule has 3 rings (SSSR count).